The average molecular weight is 313 g/mol. The number of fused-ring (bicyclic) bond motifs is 1. The molecule has 0 radical (unpaired) electrons. The molecule has 3 aromatic rings. The first-order chi connectivity index (χ1) is 11.2. The Kier molecular flexibility index (Phi) is 7.19. The summed E-state index contributed by atoms with van der Waals surface area (Å²) in [6.45, 7) is 12.3. The van der Waals surface area contributed by atoms with Gasteiger partial charge in [-0.2, -0.15) is 0 Å². The Bertz CT molecular complexity index is 731. The maximum atomic E-state index is 5.67. The van der Waals surface area contributed by atoms with Crippen molar-refractivity contribution in [1.29, 1.82) is 0 Å². The number of hydrogen-bond donors (Lipinski definition) is 1. The van der Waals surface area contributed by atoms with E-state index in [1.807, 2.05) is 46.0 Å². The van der Waals surface area contributed by atoms with Gasteiger partial charge < -0.3 is 10.3 Å². The van der Waals surface area contributed by atoms with E-state index in [4.69, 9.17) is 5.73 Å². The van der Waals surface area contributed by atoms with E-state index in [-0.39, 0.29) is 5.95 Å². The van der Waals surface area contributed by atoms with Gasteiger partial charge in [0.1, 0.15) is 0 Å². The Morgan fingerprint density at radius 2 is 1.74 bits per heavy atom. The molecule has 0 aliphatic heterocycles. The van der Waals surface area contributed by atoms with Crippen LogP contribution in [0, 0.1) is 0 Å². The summed E-state index contributed by atoms with van der Waals surface area (Å²) in [7, 11) is 0. The van der Waals surface area contributed by atoms with Gasteiger partial charge >= 0.3 is 0 Å². The van der Waals surface area contributed by atoms with E-state index in [1.165, 1.54) is 0 Å². The molecule has 0 atom stereocenters. The molecule has 0 bridgehead atoms. The summed E-state index contributed by atoms with van der Waals surface area (Å²) in [6, 6.07) is 4.23. The van der Waals surface area contributed by atoms with Gasteiger partial charge in [0.2, 0.25) is 5.95 Å². The number of nitrogens with zero attached hydrogens (tertiary/aromatic N) is 4. The zero-order chi connectivity index (χ0) is 17.4. The van der Waals surface area contributed by atoms with E-state index in [1.54, 1.807) is 12.4 Å². The van der Waals surface area contributed by atoms with Gasteiger partial charge in [-0.25, -0.2) is 9.97 Å². The van der Waals surface area contributed by atoms with Crippen molar-refractivity contribution in [2.45, 2.75) is 47.6 Å². The molecule has 0 spiro atoms. The lowest BCUT2D eigenvalue weighted by molar-refractivity contribution is 0.622. The van der Waals surface area contributed by atoms with E-state index in [2.05, 4.69) is 39.6 Å². The van der Waals surface area contributed by atoms with E-state index >= 15 is 0 Å². The predicted molar refractivity (Wildman–Crippen MR) is 98.3 cm³/mol. The molecule has 5 nitrogen and oxygen atoms in total. The smallest absolute Gasteiger partial charge is 0.220 e. The van der Waals surface area contributed by atoms with Crippen molar-refractivity contribution in [3.05, 3.63) is 36.9 Å². The second-order valence-corrected chi connectivity index (χ2v) is 4.74. The highest BCUT2D eigenvalue weighted by atomic mass is 15.0. The quantitative estimate of drug-likeness (QED) is 0.744. The fourth-order valence-corrected chi connectivity index (χ4v) is 2.25. The Balaban J connectivity index is 0.000000615. The fourth-order valence-electron chi connectivity index (χ4n) is 2.25. The molecule has 3 rings (SSSR count). The summed E-state index contributed by atoms with van der Waals surface area (Å²) in [5.74, 6) is 0.289. The lowest BCUT2D eigenvalue weighted by Crippen LogP contribution is -1.98. The van der Waals surface area contributed by atoms with Gasteiger partial charge in [0.15, 0.2) is 0 Å². The van der Waals surface area contributed by atoms with Crippen LogP contribution < -0.4 is 5.73 Å². The number of nitrogens with two attached hydrogens (primary N) is 1. The van der Waals surface area contributed by atoms with Gasteiger partial charge in [0, 0.05) is 35.6 Å². The van der Waals surface area contributed by atoms with Crippen LogP contribution in [-0.4, -0.2) is 19.5 Å². The first-order valence-corrected chi connectivity index (χ1v) is 8.20. The minimum atomic E-state index is 0.289. The lowest BCUT2D eigenvalue weighted by atomic mass is 10.1. The van der Waals surface area contributed by atoms with Crippen molar-refractivity contribution in [2.75, 3.05) is 5.73 Å². The molecule has 0 amide bonds. The molecule has 23 heavy (non-hydrogen) atoms. The third kappa shape index (κ3) is 4.06. The Morgan fingerprint density at radius 1 is 1.04 bits per heavy atom. The van der Waals surface area contributed by atoms with Crippen LogP contribution in [0.5, 0.6) is 0 Å². The summed E-state index contributed by atoms with van der Waals surface area (Å²) in [5.41, 5.74) is 8.66. The fraction of sp³-hybridized carbons (Fsp3) is 0.389. The molecular weight excluding hydrogens is 286 g/mol. The van der Waals surface area contributed by atoms with Crippen molar-refractivity contribution in [3.8, 4) is 11.3 Å². The number of anilines is 1. The van der Waals surface area contributed by atoms with Gasteiger partial charge in [0.25, 0.3) is 0 Å². The molecule has 3 aromatic heterocycles. The van der Waals surface area contributed by atoms with E-state index in [0.717, 1.165) is 22.2 Å². The summed E-state index contributed by atoms with van der Waals surface area (Å²) in [5, 5.41) is 1.13. The number of aromatic nitrogens is 4. The summed E-state index contributed by atoms with van der Waals surface area (Å²) >= 11 is 0. The molecule has 0 aliphatic rings. The van der Waals surface area contributed by atoms with Gasteiger partial charge in [-0.1, -0.05) is 27.7 Å². The van der Waals surface area contributed by atoms with Crippen LogP contribution in [0.25, 0.3) is 22.2 Å². The number of nitrogen functional groups attached to an aromatic ring is 1. The highest BCUT2D eigenvalue weighted by Crippen LogP contribution is 2.30. The maximum absolute atomic E-state index is 5.67. The second kappa shape index (κ2) is 8.88. The standard InChI is InChI=1S/C14H15N5.2C2H6/c1-9(2)19-8-11(10-3-5-16-7-13(10)19)12-4-6-17-14(15)18-12;2*1-2/h3-9H,1-2H3,(H2,15,17,18);2*1-2H3. The van der Waals surface area contributed by atoms with Crippen LogP contribution >= 0.6 is 0 Å². The summed E-state index contributed by atoms with van der Waals surface area (Å²) < 4.78 is 2.19. The van der Waals surface area contributed by atoms with E-state index in [9.17, 15) is 0 Å². The number of rotatable bonds is 2. The number of hydrogen-bond acceptors (Lipinski definition) is 4. The highest BCUT2D eigenvalue weighted by Gasteiger charge is 2.13. The molecule has 5 heteroatoms. The van der Waals surface area contributed by atoms with E-state index < -0.39 is 0 Å². The minimum absolute atomic E-state index is 0.289. The van der Waals surface area contributed by atoms with Crippen LogP contribution in [0.4, 0.5) is 5.95 Å². The highest BCUT2D eigenvalue weighted by molar-refractivity contribution is 5.94. The Labute approximate surface area is 138 Å². The monoisotopic (exact) mass is 313 g/mol. The molecule has 0 saturated carbocycles. The van der Waals surface area contributed by atoms with Crippen molar-refractivity contribution in [1.82, 2.24) is 19.5 Å². The van der Waals surface area contributed by atoms with Crippen molar-refractivity contribution >= 4 is 16.9 Å². The van der Waals surface area contributed by atoms with Gasteiger partial charge in [-0.3, -0.25) is 4.98 Å². The summed E-state index contributed by atoms with van der Waals surface area (Å²) in [6.07, 6.45) is 7.45. The van der Waals surface area contributed by atoms with Gasteiger partial charge in [-0.15, -0.1) is 0 Å². The van der Waals surface area contributed by atoms with Gasteiger partial charge in [-0.05, 0) is 26.0 Å². The molecule has 0 aromatic carbocycles. The van der Waals surface area contributed by atoms with Crippen LogP contribution in [0.2, 0.25) is 0 Å². The zero-order valence-corrected chi connectivity index (χ0v) is 14.9. The van der Waals surface area contributed by atoms with E-state index in [0.29, 0.717) is 6.04 Å². The maximum Gasteiger partial charge on any atom is 0.220 e. The molecule has 0 aliphatic carbocycles. The van der Waals surface area contributed by atoms with Crippen molar-refractivity contribution < 1.29 is 0 Å². The Hall–Kier alpha value is -2.43. The topological polar surface area (TPSA) is 69.6 Å². The van der Waals surface area contributed by atoms with Crippen LogP contribution in [0.15, 0.2) is 36.9 Å². The van der Waals surface area contributed by atoms with Crippen molar-refractivity contribution in [2.24, 2.45) is 0 Å². The van der Waals surface area contributed by atoms with Crippen LogP contribution in [-0.2, 0) is 0 Å². The van der Waals surface area contributed by atoms with Crippen LogP contribution in [0.3, 0.4) is 0 Å². The molecular formula is C18H27N5. The molecule has 0 unspecified atom stereocenters. The van der Waals surface area contributed by atoms with Crippen molar-refractivity contribution in [3.63, 3.8) is 0 Å². The molecule has 0 fully saturated rings. The molecule has 0 saturated heterocycles. The third-order valence-corrected chi connectivity index (χ3v) is 3.14. The predicted octanol–water partition coefficient (Wildman–Crippen LogP) is 4.71. The first kappa shape index (κ1) is 18.6. The minimum Gasteiger partial charge on any atom is -0.368 e. The summed E-state index contributed by atoms with van der Waals surface area (Å²) in [4.78, 5) is 12.4. The largest absolute Gasteiger partial charge is 0.368 e. The second-order valence-electron chi connectivity index (χ2n) is 4.74. The lowest BCUT2D eigenvalue weighted by Gasteiger charge is -2.07. The number of pyridine rings is 1. The first-order valence-electron chi connectivity index (χ1n) is 8.20. The molecule has 2 N–H and O–H groups in total. The zero-order valence-electron chi connectivity index (χ0n) is 14.9. The van der Waals surface area contributed by atoms with Crippen LogP contribution in [0.1, 0.15) is 47.6 Å². The SMILES string of the molecule is CC.CC.CC(C)n1cc(-c2ccnc(N)n2)c2ccncc21. The normalized spacial score (nSPS) is 9.87. The molecule has 124 valence electrons. The Morgan fingerprint density at radius 3 is 2.35 bits per heavy atom. The third-order valence-electron chi connectivity index (χ3n) is 3.14. The average Bonchev–Trinajstić information content (AvgIpc) is 2.98. The van der Waals surface area contributed by atoms with Gasteiger partial charge in [0.05, 0.1) is 17.4 Å². The molecule has 3 heterocycles.